The number of rotatable bonds is 4. The Balaban J connectivity index is 1.79. The molecule has 6 rings (SSSR count). The molecule has 0 bridgehead atoms. The molecule has 37 heavy (non-hydrogen) atoms. The number of hydrogen-bond donors (Lipinski definition) is 0. The first-order valence-electron chi connectivity index (χ1n) is 12.1. The van der Waals surface area contributed by atoms with Crippen LogP contribution in [-0.4, -0.2) is 0 Å². The molecule has 0 saturated heterocycles. The highest BCUT2D eigenvalue weighted by Crippen LogP contribution is 2.56. The molecule has 0 N–H and O–H groups in total. The molecule has 4 heteroatoms. The third-order valence-electron chi connectivity index (χ3n) is 7.00. The molecule has 0 amide bonds. The number of halogens is 3. The Kier molecular flexibility index (Phi) is 5.69. The first kappa shape index (κ1) is 23.3. The Morgan fingerprint density at radius 1 is 0.595 bits per heavy atom. The fraction of sp³-hybridized carbons (Fsp3) is 0.0909. The summed E-state index contributed by atoms with van der Waals surface area (Å²) < 4.78 is 52.7. The van der Waals surface area contributed by atoms with Gasteiger partial charge in [-0.1, -0.05) is 121 Å². The summed E-state index contributed by atoms with van der Waals surface area (Å²) in [5, 5.41) is 0. The van der Waals surface area contributed by atoms with Crippen molar-refractivity contribution in [2.75, 3.05) is 0 Å². The number of benzene rings is 5. The largest absolute Gasteiger partial charge is 0.417 e. The Bertz CT molecular complexity index is 1490. The number of alkyl halides is 3. The second kappa shape index (κ2) is 9.06. The first-order valence-corrected chi connectivity index (χ1v) is 12.1. The lowest BCUT2D eigenvalue weighted by Gasteiger charge is -2.34. The Hall–Kier alpha value is -4.15. The summed E-state index contributed by atoms with van der Waals surface area (Å²) in [7, 11) is 0. The highest BCUT2D eigenvalue weighted by molar-refractivity contribution is 5.89. The molecule has 1 nitrogen and oxygen atoms in total. The van der Waals surface area contributed by atoms with E-state index in [1.54, 1.807) is 24.3 Å². The molecular formula is C33H23F3O. The van der Waals surface area contributed by atoms with E-state index >= 15 is 13.2 Å². The third kappa shape index (κ3) is 3.85. The zero-order valence-electron chi connectivity index (χ0n) is 19.9. The van der Waals surface area contributed by atoms with Crippen molar-refractivity contribution in [2.24, 2.45) is 0 Å². The molecule has 0 saturated carbocycles. The Labute approximate surface area is 213 Å². The lowest BCUT2D eigenvalue weighted by Crippen LogP contribution is -2.31. The van der Waals surface area contributed by atoms with Crippen molar-refractivity contribution < 1.29 is 17.9 Å². The van der Waals surface area contributed by atoms with Gasteiger partial charge in [0.25, 0.3) is 0 Å². The Morgan fingerprint density at radius 3 is 1.54 bits per heavy atom. The van der Waals surface area contributed by atoms with Crippen LogP contribution in [0, 0.1) is 0 Å². The highest BCUT2D eigenvalue weighted by atomic mass is 19.4. The maximum atomic E-state index is 15.4. The monoisotopic (exact) mass is 492 g/mol. The molecule has 0 aromatic heterocycles. The van der Waals surface area contributed by atoms with Crippen LogP contribution >= 0.6 is 0 Å². The predicted octanol–water partition coefficient (Wildman–Crippen LogP) is 8.86. The van der Waals surface area contributed by atoms with Crippen molar-refractivity contribution >= 4 is 0 Å². The molecule has 182 valence electrons. The Morgan fingerprint density at radius 2 is 1.05 bits per heavy atom. The molecule has 0 aliphatic carbocycles. The summed E-state index contributed by atoms with van der Waals surface area (Å²) in [6.45, 7) is 0.0666. The topological polar surface area (TPSA) is 9.23 Å². The van der Waals surface area contributed by atoms with E-state index in [9.17, 15) is 0 Å². The minimum Gasteiger partial charge on any atom is -0.356 e. The van der Waals surface area contributed by atoms with Crippen molar-refractivity contribution in [3.05, 3.63) is 155 Å². The van der Waals surface area contributed by atoms with Gasteiger partial charge in [0.15, 0.2) is 0 Å². The van der Waals surface area contributed by atoms with Gasteiger partial charge in [0.2, 0.25) is 0 Å². The minimum atomic E-state index is -4.64. The average molecular weight is 493 g/mol. The van der Waals surface area contributed by atoms with Crippen LogP contribution in [0.4, 0.5) is 13.2 Å². The first-order chi connectivity index (χ1) is 18.0. The summed E-state index contributed by atoms with van der Waals surface area (Å²) in [5.74, 6) is 0. The molecule has 0 fully saturated rings. The van der Waals surface area contributed by atoms with Crippen LogP contribution in [-0.2, 0) is 23.1 Å². The van der Waals surface area contributed by atoms with E-state index in [-0.39, 0.29) is 17.7 Å². The van der Waals surface area contributed by atoms with Crippen LogP contribution in [0.15, 0.2) is 127 Å². The second-order valence-electron chi connectivity index (χ2n) is 9.14. The van der Waals surface area contributed by atoms with Crippen molar-refractivity contribution in [1.29, 1.82) is 0 Å². The standard InChI is InChI=1S/C33H23F3O/c34-33(35,36)31-29(24-15-7-2-8-16-24)28(23-13-5-1-6-14-23)21-25-22-37-32(30(25)31,26-17-9-3-10-18-26)27-19-11-4-12-20-27/h1-21H,22H2. The molecule has 5 aromatic carbocycles. The van der Waals surface area contributed by atoms with Gasteiger partial charge in [0.1, 0.15) is 5.60 Å². The van der Waals surface area contributed by atoms with Gasteiger partial charge in [-0.05, 0) is 39.4 Å². The molecule has 0 radical (unpaired) electrons. The van der Waals surface area contributed by atoms with E-state index < -0.39 is 17.3 Å². The SMILES string of the molecule is FC(F)(F)c1c(-c2ccccc2)c(-c2ccccc2)cc2c1C(c1ccccc1)(c1ccccc1)OC2. The van der Waals surface area contributed by atoms with Gasteiger partial charge in [0, 0.05) is 11.1 Å². The van der Waals surface area contributed by atoms with E-state index in [4.69, 9.17) is 4.74 Å². The van der Waals surface area contributed by atoms with Gasteiger partial charge < -0.3 is 4.74 Å². The third-order valence-corrected chi connectivity index (χ3v) is 7.00. The lowest BCUT2D eigenvalue weighted by molar-refractivity contribution is -0.139. The van der Waals surface area contributed by atoms with E-state index in [1.807, 2.05) is 103 Å². The van der Waals surface area contributed by atoms with Crippen LogP contribution in [0.2, 0.25) is 0 Å². The molecule has 1 heterocycles. The van der Waals surface area contributed by atoms with E-state index in [0.29, 0.717) is 27.8 Å². The van der Waals surface area contributed by atoms with Gasteiger partial charge in [0.05, 0.1) is 12.2 Å². The van der Waals surface area contributed by atoms with Crippen LogP contribution < -0.4 is 0 Å². The van der Waals surface area contributed by atoms with Crippen molar-refractivity contribution in [1.82, 2.24) is 0 Å². The molecule has 1 aliphatic heterocycles. The smallest absolute Gasteiger partial charge is 0.356 e. The number of hydrogen-bond acceptors (Lipinski definition) is 1. The normalized spacial score (nSPS) is 14.4. The van der Waals surface area contributed by atoms with Crippen molar-refractivity contribution in [3.63, 3.8) is 0 Å². The maximum Gasteiger partial charge on any atom is 0.417 e. The lowest BCUT2D eigenvalue weighted by atomic mass is 9.74. The van der Waals surface area contributed by atoms with Gasteiger partial charge >= 0.3 is 6.18 Å². The summed E-state index contributed by atoms with van der Waals surface area (Å²) in [4.78, 5) is 0. The van der Waals surface area contributed by atoms with Gasteiger partial charge in [-0.25, -0.2) is 0 Å². The zero-order valence-corrected chi connectivity index (χ0v) is 19.9. The van der Waals surface area contributed by atoms with Gasteiger partial charge in [-0.3, -0.25) is 0 Å². The number of ether oxygens (including phenoxy) is 1. The molecule has 1 aliphatic rings. The van der Waals surface area contributed by atoms with Crippen molar-refractivity contribution in [3.8, 4) is 22.3 Å². The van der Waals surface area contributed by atoms with Crippen LogP contribution in [0.3, 0.4) is 0 Å². The summed E-state index contributed by atoms with van der Waals surface area (Å²) >= 11 is 0. The van der Waals surface area contributed by atoms with E-state index in [2.05, 4.69) is 0 Å². The quantitative estimate of drug-likeness (QED) is 0.243. The molecule has 0 unspecified atom stereocenters. The highest BCUT2D eigenvalue weighted by Gasteiger charge is 2.51. The summed E-state index contributed by atoms with van der Waals surface area (Å²) in [5.41, 5.74) is 1.92. The fourth-order valence-corrected chi connectivity index (χ4v) is 5.51. The fourth-order valence-electron chi connectivity index (χ4n) is 5.51. The van der Waals surface area contributed by atoms with E-state index in [0.717, 1.165) is 5.56 Å². The van der Waals surface area contributed by atoms with Gasteiger partial charge in [-0.15, -0.1) is 0 Å². The van der Waals surface area contributed by atoms with E-state index in [1.165, 1.54) is 0 Å². The van der Waals surface area contributed by atoms with Gasteiger partial charge in [-0.2, -0.15) is 13.2 Å². The van der Waals surface area contributed by atoms with Crippen molar-refractivity contribution in [2.45, 2.75) is 18.4 Å². The van der Waals surface area contributed by atoms with Crippen LogP contribution in [0.1, 0.15) is 27.8 Å². The molecule has 0 spiro atoms. The predicted molar refractivity (Wildman–Crippen MR) is 140 cm³/mol. The number of fused-ring (bicyclic) bond motifs is 1. The summed E-state index contributed by atoms with van der Waals surface area (Å²) in [6.07, 6.45) is -4.64. The average Bonchev–Trinajstić information content (AvgIpc) is 3.33. The molecule has 5 aromatic rings. The zero-order chi connectivity index (χ0) is 25.5. The second-order valence-corrected chi connectivity index (χ2v) is 9.14. The molecule has 0 atom stereocenters. The maximum absolute atomic E-state index is 15.4. The summed E-state index contributed by atoms with van der Waals surface area (Å²) in [6, 6.07) is 38.4. The minimum absolute atomic E-state index is 0.0666. The molecular weight excluding hydrogens is 469 g/mol. The van der Waals surface area contributed by atoms with Crippen LogP contribution in [0.25, 0.3) is 22.3 Å². The van der Waals surface area contributed by atoms with Crippen LogP contribution in [0.5, 0.6) is 0 Å².